The summed E-state index contributed by atoms with van der Waals surface area (Å²) in [6.45, 7) is 8.23. The molecule has 2 aromatic carbocycles. The van der Waals surface area contributed by atoms with Gasteiger partial charge in [-0.2, -0.15) is 5.10 Å². The van der Waals surface area contributed by atoms with E-state index in [2.05, 4.69) is 41.4 Å². The van der Waals surface area contributed by atoms with Gasteiger partial charge in [0.1, 0.15) is 0 Å². The zero-order valence-corrected chi connectivity index (χ0v) is 13.9. The van der Waals surface area contributed by atoms with E-state index >= 15 is 0 Å². The van der Waals surface area contributed by atoms with Crippen molar-refractivity contribution in [3.8, 4) is 0 Å². The molecule has 0 saturated heterocycles. The monoisotopic (exact) mass is 309 g/mol. The van der Waals surface area contributed by atoms with E-state index in [0.29, 0.717) is 5.56 Å². The van der Waals surface area contributed by atoms with Crippen LogP contribution in [0.15, 0.2) is 53.6 Å². The van der Waals surface area contributed by atoms with E-state index < -0.39 is 0 Å². The van der Waals surface area contributed by atoms with Crippen LogP contribution in [0.5, 0.6) is 0 Å². The van der Waals surface area contributed by atoms with Crippen LogP contribution < -0.4 is 10.3 Å². The first-order valence-electron chi connectivity index (χ1n) is 7.89. The van der Waals surface area contributed by atoms with Gasteiger partial charge in [-0.3, -0.25) is 4.79 Å². The fourth-order valence-corrected chi connectivity index (χ4v) is 2.29. The Hall–Kier alpha value is -2.62. The van der Waals surface area contributed by atoms with Crippen LogP contribution in [-0.4, -0.2) is 25.2 Å². The van der Waals surface area contributed by atoms with Gasteiger partial charge in [0.2, 0.25) is 0 Å². The SMILES string of the molecule is CCN(CC)c1ccc(/C=N\NC(=O)c2ccc(C)cc2)cc1. The molecule has 0 fully saturated rings. The quantitative estimate of drug-likeness (QED) is 0.654. The summed E-state index contributed by atoms with van der Waals surface area (Å²) in [5.41, 5.74) is 6.41. The van der Waals surface area contributed by atoms with E-state index in [-0.39, 0.29) is 5.91 Å². The van der Waals surface area contributed by atoms with Crippen molar-refractivity contribution in [3.63, 3.8) is 0 Å². The van der Waals surface area contributed by atoms with E-state index in [0.717, 1.165) is 24.2 Å². The highest BCUT2D eigenvalue weighted by molar-refractivity contribution is 5.94. The molecule has 0 spiro atoms. The Bertz CT molecular complexity index is 656. The zero-order chi connectivity index (χ0) is 16.7. The van der Waals surface area contributed by atoms with Crippen molar-refractivity contribution in [1.82, 2.24) is 5.43 Å². The molecule has 0 atom stereocenters. The Labute approximate surface area is 137 Å². The third kappa shape index (κ3) is 4.68. The molecule has 1 N–H and O–H groups in total. The molecule has 0 aliphatic carbocycles. The van der Waals surface area contributed by atoms with Gasteiger partial charge in [-0.1, -0.05) is 29.8 Å². The molecule has 1 amide bonds. The van der Waals surface area contributed by atoms with Gasteiger partial charge in [0, 0.05) is 24.3 Å². The average Bonchev–Trinajstić information content (AvgIpc) is 2.58. The highest BCUT2D eigenvalue weighted by atomic mass is 16.2. The number of hydrogen-bond acceptors (Lipinski definition) is 3. The maximum Gasteiger partial charge on any atom is 0.271 e. The summed E-state index contributed by atoms with van der Waals surface area (Å²) in [5, 5.41) is 4.02. The van der Waals surface area contributed by atoms with Crippen LogP contribution in [0.2, 0.25) is 0 Å². The highest BCUT2D eigenvalue weighted by Crippen LogP contribution is 2.13. The van der Waals surface area contributed by atoms with Crippen molar-refractivity contribution < 1.29 is 4.79 Å². The molecule has 0 heterocycles. The number of amides is 1. The number of hydrazone groups is 1. The molecule has 120 valence electrons. The molecule has 0 unspecified atom stereocenters. The first kappa shape index (κ1) is 16.7. The smallest absolute Gasteiger partial charge is 0.271 e. The van der Waals surface area contributed by atoms with E-state index in [1.807, 2.05) is 31.2 Å². The molecule has 4 nitrogen and oxygen atoms in total. The maximum atomic E-state index is 11.9. The topological polar surface area (TPSA) is 44.7 Å². The predicted octanol–water partition coefficient (Wildman–Crippen LogP) is 3.61. The number of rotatable bonds is 6. The Morgan fingerprint density at radius 1 is 1.04 bits per heavy atom. The van der Waals surface area contributed by atoms with E-state index in [1.54, 1.807) is 18.3 Å². The van der Waals surface area contributed by atoms with Gasteiger partial charge in [0.15, 0.2) is 0 Å². The van der Waals surface area contributed by atoms with Crippen LogP contribution in [0, 0.1) is 6.92 Å². The fourth-order valence-electron chi connectivity index (χ4n) is 2.29. The fraction of sp³-hybridized carbons (Fsp3) is 0.263. The van der Waals surface area contributed by atoms with Gasteiger partial charge < -0.3 is 4.90 Å². The molecular formula is C19H23N3O. The number of carbonyl (C=O) groups excluding carboxylic acids is 1. The molecule has 0 aromatic heterocycles. The first-order valence-corrected chi connectivity index (χ1v) is 7.89. The first-order chi connectivity index (χ1) is 11.1. The normalized spacial score (nSPS) is 10.7. The zero-order valence-electron chi connectivity index (χ0n) is 13.9. The molecule has 0 aliphatic rings. The van der Waals surface area contributed by atoms with E-state index in [9.17, 15) is 4.79 Å². The standard InChI is InChI=1S/C19H23N3O/c1-4-22(5-2)18-12-8-16(9-13-18)14-20-21-19(23)17-10-6-15(3)7-11-17/h6-14H,4-5H2,1-3H3,(H,21,23)/b20-14-. The number of nitrogens with one attached hydrogen (secondary N) is 1. The summed E-state index contributed by atoms with van der Waals surface area (Å²) in [7, 11) is 0. The number of anilines is 1. The van der Waals surface area contributed by atoms with Gasteiger partial charge in [0.05, 0.1) is 6.21 Å². The number of aryl methyl sites for hydroxylation is 1. The molecule has 2 rings (SSSR count). The van der Waals surface area contributed by atoms with Crippen LogP contribution in [0.3, 0.4) is 0 Å². The largest absolute Gasteiger partial charge is 0.372 e. The Kier molecular flexibility index (Phi) is 5.92. The summed E-state index contributed by atoms with van der Waals surface area (Å²) in [4.78, 5) is 14.2. The van der Waals surface area contributed by atoms with Crippen molar-refractivity contribution in [1.29, 1.82) is 0 Å². The maximum absolute atomic E-state index is 11.9. The summed E-state index contributed by atoms with van der Waals surface area (Å²) in [6.07, 6.45) is 1.65. The Balaban J connectivity index is 1.95. The minimum absolute atomic E-state index is 0.207. The van der Waals surface area contributed by atoms with Crippen molar-refractivity contribution in [3.05, 3.63) is 65.2 Å². The predicted molar refractivity (Wildman–Crippen MR) is 96.2 cm³/mol. The van der Waals surface area contributed by atoms with Gasteiger partial charge in [-0.05, 0) is 50.6 Å². The number of hydrogen-bond donors (Lipinski definition) is 1. The van der Waals surface area contributed by atoms with E-state index in [1.165, 1.54) is 5.69 Å². The molecule has 2 aromatic rings. The second-order valence-corrected chi connectivity index (χ2v) is 5.33. The molecule has 4 heteroatoms. The third-order valence-electron chi connectivity index (χ3n) is 3.72. The van der Waals surface area contributed by atoms with Crippen molar-refractivity contribution >= 4 is 17.8 Å². The lowest BCUT2D eigenvalue weighted by molar-refractivity contribution is 0.0955. The second-order valence-electron chi connectivity index (χ2n) is 5.33. The number of nitrogens with zero attached hydrogens (tertiary/aromatic N) is 2. The van der Waals surface area contributed by atoms with Gasteiger partial charge in [0.25, 0.3) is 5.91 Å². The molecule has 23 heavy (non-hydrogen) atoms. The Morgan fingerprint density at radius 3 is 2.22 bits per heavy atom. The van der Waals surface area contributed by atoms with Crippen LogP contribution in [-0.2, 0) is 0 Å². The number of carbonyl (C=O) groups is 1. The molecule has 0 saturated carbocycles. The summed E-state index contributed by atoms with van der Waals surface area (Å²) < 4.78 is 0. The molecule has 0 bridgehead atoms. The van der Waals surface area contributed by atoms with Gasteiger partial charge >= 0.3 is 0 Å². The third-order valence-corrected chi connectivity index (χ3v) is 3.72. The lowest BCUT2D eigenvalue weighted by atomic mass is 10.1. The lowest BCUT2D eigenvalue weighted by Crippen LogP contribution is -2.21. The molecular weight excluding hydrogens is 286 g/mol. The van der Waals surface area contributed by atoms with Crippen LogP contribution >= 0.6 is 0 Å². The van der Waals surface area contributed by atoms with Gasteiger partial charge in [-0.15, -0.1) is 0 Å². The second kappa shape index (κ2) is 8.13. The van der Waals surface area contributed by atoms with Gasteiger partial charge in [-0.25, -0.2) is 5.43 Å². The summed E-state index contributed by atoms with van der Waals surface area (Å²) in [6, 6.07) is 15.5. The van der Waals surface area contributed by atoms with Crippen molar-refractivity contribution in [2.24, 2.45) is 5.10 Å². The summed E-state index contributed by atoms with van der Waals surface area (Å²) >= 11 is 0. The van der Waals surface area contributed by atoms with Crippen molar-refractivity contribution in [2.45, 2.75) is 20.8 Å². The minimum atomic E-state index is -0.207. The van der Waals surface area contributed by atoms with Crippen molar-refractivity contribution in [2.75, 3.05) is 18.0 Å². The highest BCUT2D eigenvalue weighted by Gasteiger charge is 2.03. The van der Waals surface area contributed by atoms with Crippen LogP contribution in [0.1, 0.15) is 35.3 Å². The summed E-state index contributed by atoms with van der Waals surface area (Å²) in [5.74, 6) is -0.207. The minimum Gasteiger partial charge on any atom is -0.372 e. The molecule has 0 radical (unpaired) electrons. The number of benzene rings is 2. The van der Waals surface area contributed by atoms with Crippen LogP contribution in [0.25, 0.3) is 0 Å². The van der Waals surface area contributed by atoms with E-state index in [4.69, 9.17) is 0 Å². The average molecular weight is 309 g/mol. The molecule has 0 aliphatic heterocycles. The van der Waals surface area contributed by atoms with Crippen LogP contribution in [0.4, 0.5) is 5.69 Å². The Morgan fingerprint density at radius 2 is 1.65 bits per heavy atom. The lowest BCUT2D eigenvalue weighted by Gasteiger charge is -2.20.